The van der Waals surface area contributed by atoms with Crippen LogP contribution in [0, 0.1) is 17.7 Å². The van der Waals surface area contributed by atoms with Crippen molar-refractivity contribution in [2.45, 2.75) is 37.8 Å². The number of anilines is 1. The summed E-state index contributed by atoms with van der Waals surface area (Å²) in [6.07, 6.45) is -5.87. The minimum atomic E-state index is -4.73. The molecule has 0 aliphatic heterocycles. The first kappa shape index (κ1) is 26.7. The fourth-order valence-corrected chi connectivity index (χ4v) is 4.12. The number of carboxylic acid groups (broad SMARTS) is 1. The van der Waals surface area contributed by atoms with Crippen molar-refractivity contribution in [3.05, 3.63) is 63.9 Å². The van der Waals surface area contributed by atoms with Crippen LogP contribution < -0.4 is 5.32 Å². The van der Waals surface area contributed by atoms with Crippen LogP contribution in [0.25, 0.3) is 0 Å². The van der Waals surface area contributed by atoms with Gasteiger partial charge in [0.2, 0.25) is 11.8 Å². The summed E-state index contributed by atoms with van der Waals surface area (Å²) >= 11 is 3.28. The van der Waals surface area contributed by atoms with Crippen LogP contribution >= 0.6 is 15.9 Å². The summed E-state index contributed by atoms with van der Waals surface area (Å²) in [4.78, 5) is 21.1. The average molecular weight is 540 g/mol. The maximum absolute atomic E-state index is 14.4. The average Bonchev–Trinajstić information content (AvgIpc) is 2.71. The van der Waals surface area contributed by atoms with E-state index in [-0.39, 0.29) is 12.5 Å². The molecule has 0 spiro atoms. The van der Waals surface area contributed by atoms with Gasteiger partial charge in [-0.1, -0.05) is 35.0 Å². The zero-order chi connectivity index (χ0) is 25.0. The summed E-state index contributed by atoms with van der Waals surface area (Å²) in [7, 11) is 0. The zero-order valence-corrected chi connectivity index (χ0v) is 18.8. The van der Waals surface area contributed by atoms with Gasteiger partial charge in [0.15, 0.2) is 0 Å². The maximum Gasteiger partial charge on any atom is 0.416 e. The van der Waals surface area contributed by atoms with Crippen LogP contribution in [0.2, 0.25) is 0 Å². The Hall–Kier alpha value is -2.56. The molecule has 11 heteroatoms. The van der Waals surface area contributed by atoms with Crippen LogP contribution in [0.5, 0.6) is 0 Å². The van der Waals surface area contributed by atoms with Crippen molar-refractivity contribution in [2.75, 3.05) is 5.32 Å². The van der Waals surface area contributed by atoms with Crippen molar-refractivity contribution >= 4 is 34.0 Å². The van der Waals surface area contributed by atoms with Gasteiger partial charge >= 0.3 is 6.18 Å². The third-order valence-electron chi connectivity index (χ3n) is 5.50. The quantitative estimate of drug-likeness (QED) is 0.336. The predicted octanol–water partition coefficient (Wildman–Crippen LogP) is 6.71. The van der Waals surface area contributed by atoms with E-state index < -0.39 is 65.7 Å². The number of hydrogen-bond donors (Lipinski definition) is 2. The van der Waals surface area contributed by atoms with E-state index in [1.54, 1.807) is 31.2 Å². The van der Waals surface area contributed by atoms with Crippen molar-refractivity contribution in [3.8, 4) is 0 Å². The molecule has 2 N–H and O–H groups in total. The number of alkyl halides is 5. The molecule has 2 unspecified atom stereocenters. The highest BCUT2D eigenvalue weighted by Gasteiger charge is 2.48. The van der Waals surface area contributed by atoms with E-state index >= 15 is 0 Å². The monoisotopic (exact) mass is 539 g/mol. The lowest BCUT2D eigenvalue weighted by atomic mass is 9.68. The maximum atomic E-state index is 14.4. The Labute approximate surface area is 194 Å². The lowest BCUT2D eigenvalue weighted by molar-refractivity contribution is -0.137. The molecule has 3 atom stereocenters. The number of hydrogen-bond acceptors (Lipinski definition) is 2. The van der Waals surface area contributed by atoms with E-state index in [1.165, 1.54) is 0 Å². The van der Waals surface area contributed by atoms with Gasteiger partial charge in [0.05, 0.1) is 11.3 Å². The molecule has 180 valence electrons. The Bertz CT molecular complexity index is 981. The molecule has 0 saturated heterocycles. The van der Waals surface area contributed by atoms with E-state index in [2.05, 4.69) is 21.2 Å². The molecule has 1 saturated carbocycles. The third-order valence-corrected chi connectivity index (χ3v) is 6.02. The summed E-state index contributed by atoms with van der Waals surface area (Å²) in [6.45, 7) is 1.43. The zero-order valence-electron chi connectivity index (χ0n) is 17.2. The molecule has 0 radical (unpaired) electrons. The standard InChI is InChI=1S/C21H18BrF6NO.CH2O2/c1-11-15(12-2-5-14(22)6-3-12)9-20(24,25)10-16(11)19(30)29-18-7-4-13(8-17(18)23)21(26,27)28;2-1-3/h2-8,11,15-16H,9-10H2,1H3,(H,29,30);1H,(H,2,3)/t11-,15?,16?;/m1./s1. The highest BCUT2D eigenvalue weighted by molar-refractivity contribution is 9.10. The molecule has 0 bridgehead atoms. The molecule has 0 heterocycles. The lowest BCUT2D eigenvalue weighted by Crippen LogP contribution is -2.42. The fourth-order valence-electron chi connectivity index (χ4n) is 3.86. The van der Waals surface area contributed by atoms with Crippen LogP contribution in [0.1, 0.15) is 36.8 Å². The Kier molecular flexibility index (Phi) is 8.56. The number of amides is 1. The molecule has 1 fully saturated rings. The number of carbonyl (C=O) groups is 2. The van der Waals surface area contributed by atoms with E-state index in [9.17, 15) is 31.1 Å². The second-order valence-corrected chi connectivity index (χ2v) is 8.59. The van der Waals surface area contributed by atoms with E-state index in [0.717, 1.165) is 10.5 Å². The number of nitrogens with one attached hydrogen (secondary N) is 1. The molecule has 3 rings (SSSR count). The van der Waals surface area contributed by atoms with E-state index in [0.29, 0.717) is 11.6 Å². The number of halogens is 7. The van der Waals surface area contributed by atoms with Crippen molar-refractivity contribution in [1.29, 1.82) is 0 Å². The highest BCUT2D eigenvalue weighted by atomic mass is 79.9. The van der Waals surface area contributed by atoms with Gasteiger partial charge < -0.3 is 10.4 Å². The van der Waals surface area contributed by atoms with Gasteiger partial charge in [0, 0.05) is 23.2 Å². The second-order valence-electron chi connectivity index (χ2n) is 7.67. The molecule has 0 aromatic heterocycles. The van der Waals surface area contributed by atoms with Crippen LogP contribution in [0.15, 0.2) is 46.9 Å². The largest absolute Gasteiger partial charge is 0.483 e. The van der Waals surface area contributed by atoms with E-state index in [4.69, 9.17) is 9.90 Å². The fraction of sp³-hybridized carbons (Fsp3) is 0.364. The topological polar surface area (TPSA) is 66.4 Å². The predicted molar refractivity (Wildman–Crippen MR) is 112 cm³/mol. The summed E-state index contributed by atoms with van der Waals surface area (Å²) in [5.41, 5.74) is -1.02. The number of carbonyl (C=O) groups excluding carboxylic acids is 1. The molecule has 1 aliphatic rings. The van der Waals surface area contributed by atoms with Gasteiger partial charge in [0.25, 0.3) is 6.47 Å². The summed E-state index contributed by atoms with van der Waals surface area (Å²) in [6, 6.07) is 8.53. The molecule has 33 heavy (non-hydrogen) atoms. The van der Waals surface area contributed by atoms with Gasteiger partial charge in [0.1, 0.15) is 5.82 Å². The first-order valence-electron chi connectivity index (χ1n) is 9.68. The highest BCUT2D eigenvalue weighted by Crippen LogP contribution is 2.48. The molecular weight excluding hydrogens is 520 g/mol. The first-order chi connectivity index (χ1) is 15.3. The SMILES string of the molecule is C[C@H]1C(C(=O)Nc2ccc(C(F)(F)F)cc2F)CC(F)(F)CC1c1ccc(Br)cc1.O=CO. The Morgan fingerprint density at radius 1 is 1.15 bits per heavy atom. The van der Waals surface area contributed by atoms with Crippen LogP contribution in [0.3, 0.4) is 0 Å². The Balaban J connectivity index is 0.00000122. The minimum Gasteiger partial charge on any atom is -0.483 e. The van der Waals surface area contributed by atoms with Crippen LogP contribution in [0.4, 0.5) is 32.0 Å². The van der Waals surface area contributed by atoms with Gasteiger partial charge in [-0.05, 0) is 47.7 Å². The van der Waals surface area contributed by atoms with Crippen molar-refractivity contribution in [2.24, 2.45) is 11.8 Å². The third kappa shape index (κ3) is 6.96. The van der Waals surface area contributed by atoms with Gasteiger partial charge in [-0.25, -0.2) is 13.2 Å². The van der Waals surface area contributed by atoms with Crippen molar-refractivity contribution in [1.82, 2.24) is 0 Å². The first-order valence-corrected chi connectivity index (χ1v) is 10.5. The molecule has 4 nitrogen and oxygen atoms in total. The second kappa shape index (κ2) is 10.6. The smallest absolute Gasteiger partial charge is 0.416 e. The summed E-state index contributed by atoms with van der Waals surface area (Å²) in [5, 5.41) is 9.07. The van der Waals surface area contributed by atoms with E-state index in [1.807, 2.05) is 0 Å². The molecule has 2 aromatic rings. The number of benzene rings is 2. The summed E-state index contributed by atoms with van der Waals surface area (Å²) in [5.74, 6) is -7.45. The van der Waals surface area contributed by atoms with Gasteiger partial charge in [-0.3, -0.25) is 9.59 Å². The molecule has 2 aromatic carbocycles. The number of rotatable bonds is 3. The minimum absolute atomic E-state index is 0.250. The van der Waals surface area contributed by atoms with Gasteiger partial charge in [-0.2, -0.15) is 13.2 Å². The summed E-state index contributed by atoms with van der Waals surface area (Å²) < 4.78 is 81.7. The molecule has 1 amide bonds. The lowest BCUT2D eigenvalue weighted by Gasteiger charge is -2.39. The van der Waals surface area contributed by atoms with Gasteiger partial charge in [-0.15, -0.1) is 0 Å². The Morgan fingerprint density at radius 3 is 2.24 bits per heavy atom. The molecule has 1 aliphatic carbocycles. The normalized spacial score (nSPS) is 22.0. The van der Waals surface area contributed by atoms with Crippen LogP contribution in [-0.2, 0) is 15.8 Å². The van der Waals surface area contributed by atoms with Crippen molar-refractivity contribution < 1.29 is 41.0 Å². The van der Waals surface area contributed by atoms with Crippen molar-refractivity contribution in [3.63, 3.8) is 0 Å². The Morgan fingerprint density at radius 2 is 1.73 bits per heavy atom. The van der Waals surface area contributed by atoms with Crippen LogP contribution in [-0.4, -0.2) is 23.4 Å². The molecular formula is C22H20BrF6NO3.